The lowest BCUT2D eigenvalue weighted by atomic mass is 9.81. The number of aryl methyl sites for hydroxylation is 2. The van der Waals surface area contributed by atoms with Crippen LogP contribution in [0.4, 0.5) is 0 Å². The van der Waals surface area contributed by atoms with Gasteiger partial charge in [0.05, 0.1) is 0 Å². The van der Waals surface area contributed by atoms with E-state index in [4.69, 9.17) is 0 Å². The zero-order chi connectivity index (χ0) is 20.8. The van der Waals surface area contributed by atoms with E-state index in [1.54, 1.807) is 0 Å². The van der Waals surface area contributed by atoms with Crippen molar-refractivity contribution >= 4 is 0 Å². The van der Waals surface area contributed by atoms with Gasteiger partial charge in [-0.1, -0.05) is 78.3 Å². The van der Waals surface area contributed by atoms with Crippen LogP contribution >= 0.6 is 0 Å². The molecule has 0 spiro atoms. The van der Waals surface area contributed by atoms with Gasteiger partial charge in [-0.15, -0.1) is 0 Å². The Balaban J connectivity index is 1.66. The number of rotatable bonds is 1. The number of hydrogen-bond acceptors (Lipinski definition) is 0. The van der Waals surface area contributed by atoms with E-state index >= 15 is 0 Å². The Morgan fingerprint density at radius 3 is 1.67 bits per heavy atom. The Bertz CT molecular complexity index is 1120. The fourth-order valence-electron chi connectivity index (χ4n) is 4.06. The summed E-state index contributed by atoms with van der Waals surface area (Å²) in [6, 6.07) is 23.4. The van der Waals surface area contributed by atoms with Crippen LogP contribution in [-0.2, 0) is 0 Å². The van der Waals surface area contributed by atoms with Gasteiger partial charge in [-0.05, 0) is 80.6 Å². The van der Waals surface area contributed by atoms with Gasteiger partial charge in [0.1, 0.15) is 0 Å². The summed E-state index contributed by atoms with van der Waals surface area (Å²) in [4.78, 5) is 0. The molecule has 0 heterocycles. The third-order valence-electron chi connectivity index (χ3n) is 5.89. The second-order valence-electron chi connectivity index (χ2n) is 8.37. The highest BCUT2D eigenvalue weighted by Gasteiger charge is 2.18. The Hall–Kier alpha value is -3.22. The van der Waals surface area contributed by atoms with Crippen molar-refractivity contribution in [3.05, 3.63) is 106 Å². The summed E-state index contributed by atoms with van der Waals surface area (Å²) >= 11 is 0. The van der Waals surface area contributed by atoms with Crippen molar-refractivity contribution in [1.82, 2.24) is 0 Å². The molecule has 1 aliphatic rings. The predicted molar refractivity (Wildman–Crippen MR) is 127 cm³/mol. The first kappa shape index (κ1) is 20.1. The SMILES string of the molecule is Cc1ccc(C#Cc2ccc(C#Cc3ccc(C)cc3)c(C3CCCCC3)c2)cc1. The molecular formula is C30H28. The van der Waals surface area contributed by atoms with Gasteiger partial charge in [0.15, 0.2) is 0 Å². The molecular weight excluding hydrogens is 360 g/mol. The van der Waals surface area contributed by atoms with Crippen LogP contribution in [0, 0.1) is 37.5 Å². The molecule has 0 aromatic heterocycles. The first-order valence-electron chi connectivity index (χ1n) is 11.0. The average Bonchev–Trinajstić information content (AvgIpc) is 2.79. The Labute approximate surface area is 181 Å². The minimum atomic E-state index is 0.599. The quantitative estimate of drug-likeness (QED) is 0.388. The summed E-state index contributed by atoms with van der Waals surface area (Å²) in [7, 11) is 0. The van der Waals surface area contributed by atoms with Gasteiger partial charge in [0.2, 0.25) is 0 Å². The highest BCUT2D eigenvalue weighted by atomic mass is 14.2. The van der Waals surface area contributed by atoms with Gasteiger partial charge in [-0.25, -0.2) is 0 Å². The summed E-state index contributed by atoms with van der Waals surface area (Å²) < 4.78 is 0. The zero-order valence-corrected chi connectivity index (χ0v) is 18.0. The van der Waals surface area contributed by atoms with Crippen LogP contribution in [0.5, 0.6) is 0 Å². The third kappa shape index (κ3) is 5.23. The maximum absolute atomic E-state index is 3.46. The van der Waals surface area contributed by atoms with Crippen LogP contribution in [0.1, 0.15) is 77.0 Å². The van der Waals surface area contributed by atoms with Gasteiger partial charge in [-0.3, -0.25) is 0 Å². The summed E-state index contributed by atoms with van der Waals surface area (Å²) in [5, 5.41) is 0. The Morgan fingerprint density at radius 2 is 1.07 bits per heavy atom. The lowest BCUT2D eigenvalue weighted by molar-refractivity contribution is 0.443. The molecule has 3 aromatic carbocycles. The Kier molecular flexibility index (Phi) is 6.37. The van der Waals surface area contributed by atoms with Crippen molar-refractivity contribution in [2.24, 2.45) is 0 Å². The molecule has 0 aliphatic heterocycles. The second-order valence-corrected chi connectivity index (χ2v) is 8.37. The number of hydrogen-bond donors (Lipinski definition) is 0. The van der Waals surface area contributed by atoms with E-state index in [9.17, 15) is 0 Å². The van der Waals surface area contributed by atoms with Gasteiger partial charge in [0, 0.05) is 22.3 Å². The normalized spacial score (nSPS) is 13.7. The molecule has 0 N–H and O–H groups in total. The van der Waals surface area contributed by atoms with Crippen molar-refractivity contribution in [2.75, 3.05) is 0 Å². The molecule has 0 unspecified atom stereocenters. The van der Waals surface area contributed by atoms with Gasteiger partial charge < -0.3 is 0 Å². The van der Waals surface area contributed by atoms with Gasteiger partial charge in [0.25, 0.3) is 0 Å². The molecule has 3 aromatic rings. The highest BCUT2D eigenvalue weighted by molar-refractivity contribution is 5.53. The Morgan fingerprint density at radius 1 is 0.567 bits per heavy atom. The lowest BCUT2D eigenvalue weighted by Gasteiger charge is -2.23. The topological polar surface area (TPSA) is 0 Å². The van der Waals surface area contributed by atoms with Crippen molar-refractivity contribution in [3.63, 3.8) is 0 Å². The summed E-state index contributed by atoms with van der Waals surface area (Å²) in [5.41, 5.74) is 8.27. The molecule has 30 heavy (non-hydrogen) atoms. The molecule has 0 bridgehead atoms. The molecule has 0 atom stereocenters. The van der Waals surface area contributed by atoms with Gasteiger partial charge in [-0.2, -0.15) is 0 Å². The van der Waals surface area contributed by atoms with Crippen LogP contribution in [0.25, 0.3) is 0 Å². The second kappa shape index (κ2) is 9.52. The van der Waals surface area contributed by atoms with E-state index < -0.39 is 0 Å². The largest absolute Gasteiger partial charge is 0.0617 e. The predicted octanol–water partition coefficient (Wildman–Crippen LogP) is 7.15. The minimum Gasteiger partial charge on any atom is -0.0617 e. The van der Waals surface area contributed by atoms with Crippen molar-refractivity contribution < 1.29 is 0 Å². The van der Waals surface area contributed by atoms with E-state index in [1.165, 1.54) is 48.8 Å². The molecule has 1 saturated carbocycles. The fourth-order valence-corrected chi connectivity index (χ4v) is 4.06. The van der Waals surface area contributed by atoms with Crippen LogP contribution < -0.4 is 0 Å². The maximum Gasteiger partial charge on any atom is 0.0284 e. The molecule has 1 aliphatic carbocycles. The molecule has 0 saturated heterocycles. The van der Waals surface area contributed by atoms with E-state index in [0.717, 1.165) is 22.3 Å². The first-order valence-corrected chi connectivity index (χ1v) is 11.0. The average molecular weight is 389 g/mol. The summed E-state index contributed by atoms with van der Waals surface area (Å²) in [5.74, 6) is 14.1. The third-order valence-corrected chi connectivity index (χ3v) is 5.89. The molecule has 0 heteroatoms. The van der Waals surface area contributed by atoms with Crippen molar-refractivity contribution in [2.45, 2.75) is 51.9 Å². The first-order chi connectivity index (χ1) is 14.7. The molecule has 148 valence electrons. The molecule has 0 amide bonds. The smallest absolute Gasteiger partial charge is 0.0284 e. The standard InChI is InChI=1S/C30H28/c1-23-8-12-25(13-9-23)16-17-27-19-21-29(20-18-26-14-10-24(2)11-15-26)30(22-27)28-6-4-3-5-7-28/h8-15,19,21-22,28H,3-7H2,1-2H3. The van der Waals surface area contributed by atoms with E-state index in [2.05, 4.69) is 104 Å². The van der Waals surface area contributed by atoms with E-state index in [0.29, 0.717) is 5.92 Å². The van der Waals surface area contributed by atoms with Gasteiger partial charge >= 0.3 is 0 Å². The van der Waals surface area contributed by atoms with E-state index in [1.807, 2.05) is 0 Å². The minimum absolute atomic E-state index is 0.599. The van der Waals surface area contributed by atoms with E-state index in [-0.39, 0.29) is 0 Å². The molecule has 4 rings (SSSR count). The summed E-state index contributed by atoms with van der Waals surface area (Å²) in [6.45, 7) is 4.21. The van der Waals surface area contributed by atoms with Crippen LogP contribution in [-0.4, -0.2) is 0 Å². The molecule has 0 radical (unpaired) electrons. The zero-order valence-electron chi connectivity index (χ0n) is 18.0. The monoisotopic (exact) mass is 388 g/mol. The van der Waals surface area contributed by atoms with Crippen LogP contribution in [0.15, 0.2) is 66.7 Å². The highest BCUT2D eigenvalue weighted by Crippen LogP contribution is 2.34. The fraction of sp³-hybridized carbons (Fsp3) is 0.267. The molecule has 1 fully saturated rings. The van der Waals surface area contributed by atoms with Crippen molar-refractivity contribution in [1.29, 1.82) is 0 Å². The summed E-state index contributed by atoms with van der Waals surface area (Å²) in [6.07, 6.45) is 6.50. The van der Waals surface area contributed by atoms with Crippen molar-refractivity contribution in [3.8, 4) is 23.7 Å². The number of benzene rings is 3. The van der Waals surface area contributed by atoms with Crippen LogP contribution in [0.2, 0.25) is 0 Å². The lowest BCUT2D eigenvalue weighted by Crippen LogP contribution is -2.06. The molecule has 0 nitrogen and oxygen atoms in total. The van der Waals surface area contributed by atoms with Crippen LogP contribution in [0.3, 0.4) is 0 Å². The maximum atomic E-state index is 3.46.